The van der Waals surface area contributed by atoms with Gasteiger partial charge in [0, 0.05) is 26.2 Å². The lowest BCUT2D eigenvalue weighted by Gasteiger charge is -2.20. The van der Waals surface area contributed by atoms with Gasteiger partial charge in [-0.05, 0) is 67.2 Å². The molecule has 0 heterocycles. The molecule has 0 spiro atoms. The van der Waals surface area contributed by atoms with Gasteiger partial charge in [-0.3, -0.25) is 0 Å². The lowest BCUT2D eigenvalue weighted by Crippen LogP contribution is -2.33. The van der Waals surface area contributed by atoms with E-state index in [-0.39, 0.29) is 0 Å². The molecule has 0 rings (SSSR count). The van der Waals surface area contributed by atoms with E-state index < -0.39 is 29.5 Å². The van der Waals surface area contributed by atoms with Crippen LogP contribution in [0, 0.1) is 0 Å². The predicted octanol–water partition coefficient (Wildman–Crippen LogP) is 5.14. The second kappa shape index (κ2) is 15.6. The van der Waals surface area contributed by atoms with Gasteiger partial charge in [0.2, 0.25) is 0 Å². The lowest BCUT2D eigenvalue weighted by atomic mass is 10.1. The van der Waals surface area contributed by atoms with Crippen LogP contribution in [0.1, 0.15) is 92.9 Å². The second-order valence-electron chi connectivity index (χ2n) is 9.96. The van der Waals surface area contributed by atoms with Crippen LogP contribution in [0.2, 0.25) is 0 Å². The Morgan fingerprint density at radius 1 is 0.656 bits per heavy atom. The Hall–Kier alpha value is -2.19. The summed E-state index contributed by atoms with van der Waals surface area (Å²) in [5.41, 5.74) is -0.997. The lowest BCUT2D eigenvalue weighted by molar-refractivity contribution is 0.0515. The number of rotatable bonds is 14. The molecule has 9 heteroatoms. The van der Waals surface area contributed by atoms with Crippen molar-refractivity contribution >= 4 is 18.3 Å². The molecule has 0 fully saturated rings. The number of alkyl carbamates (subject to hydrolysis) is 2. The molecule has 0 bridgehead atoms. The van der Waals surface area contributed by atoms with Crippen molar-refractivity contribution in [2.75, 3.05) is 26.2 Å². The zero-order valence-corrected chi connectivity index (χ0v) is 20.9. The van der Waals surface area contributed by atoms with Gasteiger partial charge in [0.1, 0.15) is 11.2 Å². The summed E-state index contributed by atoms with van der Waals surface area (Å²) in [4.78, 5) is 36.0. The van der Waals surface area contributed by atoms with Crippen LogP contribution in [0.4, 0.5) is 14.4 Å². The molecule has 0 saturated heterocycles. The Bertz CT molecular complexity index is 513. The Labute approximate surface area is 193 Å². The predicted molar refractivity (Wildman–Crippen MR) is 125 cm³/mol. The summed E-state index contributed by atoms with van der Waals surface area (Å²) in [5, 5.41) is 14.8. The van der Waals surface area contributed by atoms with Crippen molar-refractivity contribution in [3.05, 3.63) is 0 Å². The van der Waals surface area contributed by atoms with Crippen LogP contribution in [0.15, 0.2) is 0 Å². The van der Waals surface area contributed by atoms with Gasteiger partial charge in [-0.1, -0.05) is 25.7 Å². The molecule has 188 valence electrons. The molecule has 0 aromatic heterocycles. The van der Waals surface area contributed by atoms with Gasteiger partial charge in [-0.25, -0.2) is 14.4 Å². The topological polar surface area (TPSA) is 117 Å². The van der Waals surface area contributed by atoms with Crippen molar-refractivity contribution < 1.29 is 29.0 Å². The zero-order chi connectivity index (χ0) is 24.6. The van der Waals surface area contributed by atoms with E-state index in [1.54, 1.807) is 0 Å². The Kier molecular flexibility index (Phi) is 14.5. The fourth-order valence-corrected chi connectivity index (χ4v) is 2.87. The number of nitrogens with one attached hydrogen (secondary N) is 2. The number of hydrogen-bond donors (Lipinski definition) is 3. The molecule has 0 unspecified atom stereocenters. The molecular formula is C23H45N3O6. The van der Waals surface area contributed by atoms with Crippen molar-refractivity contribution in [1.29, 1.82) is 0 Å². The molecule has 3 N–H and O–H groups in total. The zero-order valence-electron chi connectivity index (χ0n) is 20.9. The highest BCUT2D eigenvalue weighted by Crippen LogP contribution is 2.09. The van der Waals surface area contributed by atoms with Crippen molar-refractivity contribution in [3.8, 4) is 0 Å². The molecule has 0 aliphatic rings. The molecule has 0 aliphatic heterocycles. The van der Waals surface area contributed by atoms with Crippen molar-refractivity contribution in [2.24, 2.45) is 0 Å². The van der Waals surface area contributed by atoms with Crippen LogP contribution in [0.3, 0.4) is 0 Å². The fourth-order valence-electron chi connectivity index (χ4n) is 2.87. The van der Waals surface area contributed by atoms with E-state index >= 15 is 0 Å². The molecule has 0 atom stereocenters. The minimum absolute atomic E-state index is 0.407. The summed E-state index contributed by atoms with van der Waals surface area (Å²) in [6, 6.07) is 0. The third-order valence-electron chi connectivity index (χ3n) is 4.32. The SMILES string of the molecule is CC(C)(C)OC(=O)NCCCCCCN(CCCCCCNC(=O)OC(C)(C)C)C(=O)O. The van der Waals surface area contributed by atoms with Gasteiger partial charge in [0.25, 0.3) is 0 Å². The molecular weight excluding hydrogens is 414 g/mol. The summed E-state index contributed by atoms with van der Waals surface area (Å²) in [7, 11) is 0. The van der Waals surface area contributed by atoms with Crippen LogP contribution < -0.4 is 10.6 Å². The van der Waals surface area contributed by atoms with E-state index in [0.29, 0.717) is 26.2 Å². The summed E-state index contributed by atoms with van der Waals surface area (Å²) < 4.78 is 10.3. The third-order valence-corrected chi connectivity index (χ3v) is 4.32. The van der Waals surface area contributed by atoms with Crippen molar-refractivity contribution in [3.63, 3.8) is 0 Å². The molecule has 0 aliphatic carbocycles. The minimum atomic E-state index is -0.886. The first kappa shape index (κ1) is 29.8. The van der Waals surface area contributed by atoms with Crippen LogP contribution in [0.25, 0.3) is 0 Å². The minimum Gasteiger partial charge on any atom is -0.465 e. The average Bonchev–Trinajstić information content (AvgIpc) is 2.61. The van der Waals surface area contributed by atoms with Gasteiger partial charge in [-0.2, -0.15) is 0 Å². The maximum Gasteiger partial charge on any atom is 0.407 e. The normalized spacial score (nSPS) is 11.6. The number of ether oxygens (including phenoxy) is 2. The van der Waals surface area contributed by atoms with Gasteiger partial charge >= 0.3 is 18.3 Å². The van der Waals surface area contributed by atoms with E-state index in [1.807, 2.05) is 41.5 Å². The number of nitrogens with zero attached hydrogens (tertiary/aromatic N) is 1. The van der Waals surface area contributed by atoms with Crippen LogP contribution in [0.5, 0.6) is 0 Å². The number of unbranched alkanes of at least 4 members (excludes halogenated alkanes) is 6. The van der Waals surface area contributed by atoms with E-state index in [2.05, 4.69) is 10.6 Å². The molecule has 9 nitrogen and oxygen atoms in total. The fraction of sp³-hybridized carbons (Fsp3) is 0.870. The van der Waals surface area contributed by atoms with E-state index in [1.165, 1.54) is 4.90 Å². The smallest absolute Gasteiger partial charge is 0.407 e. The highest BCUT2D eigenvalue weighted by Gasteiger charge is 2.16. The van der Waals surface area contributed by atoms with Gasteiger partial charge in [0.05, 0.1) is 0 Å². The van der Waals surface area contributed by atoms with Crippen LogP contribution >= 0.6 is 0 Å². The third kappa shape index (κ3) is 19.8. The molecule has 0 aromatic carbocycles. The largest absolute Gasteiger partial charge is 0.465 e. The van der Waals surface area contributed by atoms with Gasteiger partial charge < -0.3 is 30.1 Å². The second-order valence-corrected chi connectivity index (χ2v) is 9.96. The first-order chi connectivity index (χ1) is 14.8. The van der Waals surface area contributed by atoms with E-state index in [9.17, 15) is 19.5 Å². The Balaban J connectivity index is 3.74. The number of carbonyl (C=O) groups is 3. The molecule has 32 heavy (non-hydrogen) atoms. The highest BCUT2D eigenvalue weighted by atomic mass is 16.6. The van der Waals surface area contributed by atoms with Crippen LogP contribution in [-0.4, -0.2) is 65.7 Å². The Morgan fingerprint density at radius 2 is 1.00 bits per heavy atom. The van der Waals surface area contributed by atoms with Crippen molar-refractivity contribution in [1.82, 2.24) is 15.5 Å². The first-order valence-electron chi connectivity index (χ1n) is 11.7. The quantitative estimate of drug-likeness (QED) is 0.310. The maximum atomic E-state index is 11.5. The number of hydrogen-bond acceptors (Lipinski definition) is 5. The van der Waals surface area contributed by atoms with Gasteiger partial charge in [-0.15, -0.1) is 0 Å². The van der Waals surface area contributed by atoms with Crippen LogP contribution in [-0.2, 0) is 9.47 Å². The van der Waals surface area contributed by atoms with E-state index in [4.69, 9.17) is 9.47 Å². The average molecular weight is 460 g/mol. The van der Waals surface area contributed by atoms with Crippen molar-refractivity contribution in [2.45, 2.75) is 104 Å². The maximum absolute atomic E-state index is 11.5. The monoisotopic (exact) mass is 459 g/mol. The highest BCUT2D eigenvalue weighted by molar-refractivity contribution is 5.68. The molecule has 3 amide bonds. The summed E-state index contributed by atoms with van der Waals surface area (Å²) in [5.74, 6) is 0. The number of carboxylic acid groups (broad SMARTS) is 1. The summed E-state index contributed by atoms with van der Waals surface area (Å²) in [6.07, 6.45) is 5.26. The number of amides is 3. The first-order valence-corrected chi connectivity index (χ1v) is 11.7. The Morgan fingerprint density at radius 3 is 1.31 bits per heavy atom. The summed E-state index contributed by atoms with van der Waals surface area (Å²) >= 11 is 0. The summed E-state index contributed by atoms with van der Waals surface area (Å²) in [6.45, 7) is 13.1. The molecule has 0 radical (unpaired) electrons. The molecule has 0 saturated carbocycles. The number of carbonyl (C=O) groups excluding carboxylic acids is 2. The van der Waals surface area contributed by atoms with E-state index in [0.717, 1.165) is 51.4 Å². The standard InChI is InChI=1S/C23H45N3O6/c1-22(2,3)31-19(27)24-15-11-7-9-13-17-26(21(29)30)18-14-10-8-12-16-25-20(28)32-23(4,5)6/h7-18H2,1-6H3,(H,24,27)(H,25,28)(H,29,30). The van der Waals surface area contributed by atoms with Gasteiger partial charge in [0.15, 0.2) is 0 Å². The molecule has 0 aromatic rings.